The van der Waals surface area contributed by atoms with Crippen molar-refractivity contribution in [2.24, 2.45) is 5.73 Å². The summed E-state index contributed by atoms with van der Waals surface area (Å²) in [5.41, 5.74) is 6.44. The molecule has 0 aromatic heterocycles. The van der Waals surface area contributed by atoms with E-state index in [-0.39, 0.29) is 12.1 Å². The predicted molar refractivity (Wildman–Crippen MR) is 80.2 cm³/mol. The van der Waals surface area contributed by atoms with E-state index in [4.69, 9.17) is 10.8 Å². The number of aliphatic hydroxyl groups excluding tert-OH is 1. The van der Waals surface area contributed by atoms with Crippen LogP contribution >= 0.6 is 0 Å². The van der Waals surface area contributed by atoms with Gasteiger partial charge in [0.1, 0.15) is 6.23 Å². The molecule has 0 bridgehead atoms. The lowest BCUT2D eigenvalue weighted by atomic mass is 10.1. The molecule has 1 aromatic rings. The number of amides is 2. The molecule has 0 saturated heterocycles. The highest BCUT2D eigenvalue weighted by molar-refractivity contribution is 5.74. The lowest BCUT2D eigenvalue weighted by Gasteiger charge is -2.14. The first-order valence-corrected chi connectivity index (χ1v) is 7.10. The Morgan fingerprint density at radius 3 is 2.65 bits per heavy atom. The molecule has 0 aliphatic rings. The summed E-state index contributed by atoms with van der Waals surface area (Å²) in [5, 5.41) is 14.6. The van der Waals surface area contributed by atoms with Crippen LogP contribution in [0.2, 0.25) is 0 Å². The largest absolute Gasteiger partial charge is 0.379 e. The molecule has 0 saturated carbocycles. The third kappa shape index (κ3) is 7.76. The van der Waals surface area contributed by atoms with Crippen molar-refractivity contribution < 1.29 is 9.90 Å². The summed E-state index contributed by atoms with van der Waals surface area (Å²) in [7, 11) is 0. The zero-order valence-electron chi connectivity index (χ0n) is 12.0. The quantitative estimate of drug-likeness (QED) is 0.428. The highest BCUT2D eigenvalue weighted by atomic mass is 16.3. The van der Waals surface area contributed by atoms with E-state index in [1.54, 1.807) is 0 Å². The van der Waals surface area contributed by atoms with Gasteiger partial charge in [0.15, 0.2) is 0 Å². The molecule has 0 aliphatic carbocycles. The van der Waals surface area contributed by atoms with Crippen LogP contribution in [0.1, 0.15) is 31.7 Å². The molecule has 5 N–H and O–H groups in total. The minimum absolute atomic E-state index is 0.0864. The van der Waals surface area contributed by atoms with Gasteiger partial charge in [-0.15, -0.1) is 0 Å². The van der Waals surface area contributed by atoms with Crippen LogP contribution < -0.4 is 16.4 Å². The predicted octanol–water partition coefficient (Wildman–Crippen LogP) is 1.36. The Morgan fingerprint density at radius 1 is 1.30 bits per heavy atom. The van der Waals surface area contributed by atoms with Crippen LogP contribution in [0.25, 0.3) is 0 Å². The maximum atomic E-state index is 11.6. The molecule has 0 spiro atoms. The summed E-state index contributed by atoms with van der Waals surface area (Å²) < 4.78 is 0. The fraction of sp³-hybridized carbons (Fsp3) is 0.533. The minimum Gasteiger partial charge on any atom is -0.379 e. The van der Waals surface area contributed by atoms with Gasteiger partial charge < -0.3 is 21.5 Å². The van der Waals surface area contributed by atoms with Crippen molar-refractivity contribution in [3.05, 3.63) is 35.9 Å². The Morgan fingerprint density at radius 2 is 2.00 bits per heavy atom. The van der Waals surface area contributed by atoms with Gasteiger partial charge in [-0.1, -0.05) is 30.3 Å². The van der Waals surface area contributed by atoms with Crippen LogP contribution in [0, 0.1) is 0 Å². The van der Waals surface area contributed by atoms with Gasteiger partial charge in [-0.05, 0) is 38.2 Å². The molecule has 112 valence electrons. The van der Waals surface area contributed by atoms with Gasteiger partial charge in [-0.25, -0.2) is 4.79 Å². The molecule has 0 heterocycles. The van der Waals surface area contributed by atoms with Gasteiger partial charge in [0.2, 0.25) is 0 Å². The van der Waals surface area contributed by atoms with E-state index in [9.17, 15) is 4.79 Å². The van der Waals surface area contributed by atoms with Crippen molar-refractivity contribution in [2.75, 3.05) is 6.54 Å². The lowest BCUT2D eigenvalue weighted by molar-refractivity contribution is 0.168. The zero-order valence-corrected chi connectivity index (χ0v) is 12.0. The molecule has 5 heteroatoms. The van der Waals surface area contributed by atoms with Gasteiger partial charge in [0, 0.05) is 12.6 Å². The highest BCUT2D eigenvalue weighted by Gasteiger charge is 2.07. The summed E-state index contributed by atoms with van der Waals surface area (Å²) >= 11 is 0. The molecular formula is C15H25N3O2. The fourth-order valence-electron chi connectivity index (χ4n) is 1.97. The Hall–Kier alpha value is -1.59. The first-order chi connectivity index (χ1) is 9.58. The summed E-state index contributed by atoms with van der Waals surface area (Å²) in [6.07, 6.45) is 2.24. The standard InChI is InChI=1S/C15H25N3O2/c1-12(11-13-7-3-2-4-8-13)18-15(20)17-10-6-5-9-14(16)19/h2-4,7-8,12,14,19H,5-6,9-11,16H2,1H3,(H2,17,18,20). The lowest BCUT2D eigenvalue weighted by Crippen LogP contribution is -2.42. The third-order valence-electron chi connectivity index (χ3n) is 2.97. The molecule has 0 fully saturated rings. The molecular weight excluding hydrogens is 254 g/mol. The number of carbonyl (C=O) groups excluding carboxylic acids is 1. The SMILES string of the molecule is CC(Cc1ccccc1)NC(=O)NCCCCC(N)O. The first-order valence-electron chi connectivity index (χ1n) is 7.10. The minimum atomic E-state index is -0.755. The van der Waals surface area contributed by atoms with Crippen LogP contribution in [0.4, 0.5) is 4.79 Å². The van der Waals surface area contributed by atoms with Crippen LogP contribution in [0.15, 0.2) is 30.3 Å². The van der Waals surface area contributed by atoms with Crippen LogP contribution in [-0.2, 0) is 6.42 Å². The van der Waals surface area contributed by atoms with Gasteiger partial charge in [-0.2, -0.15) is 0 Å². The third-order valence-corrected chi connectivity index (χ3v) is 2.97. The van der Waals surface area contributed by atoms with Gasteiger partial charge >= 0.3 is 6.03 Å². The second kappa shape index (κ2) is 9.34. The Balaban J connectivity index is 2.12. The maximum absolute atomic E-state index is 11.6. The van der Waals surface area contributed by atoms with E-state index in [1.807, 2.05) is 37.3 Å². The van der Waals surface area contributed by atoms with Crippen LogP contribution in [-0.4, -0.2) is 30.0 Å². The highest BCUT2D eigenvalue weighted by Crippen LogP contribution is 2.02. The van der Waals surface area contributed by atoms with Crippen molar-refractivity contribution in [3.8, 4) is 0 Å². The monoisotopic (exact) mass is 279 g/mol. The Kier molecular flexibility index (Phi) is 7.69. The summed E-state index contributed by atoms with van der Waals surface area (Å²) in [5.74, 6) is 0. The Bertz CT molecular complexity index is 382. The molecule has 0 aliphatic heterocycles. The molecule has 0 radical (unpaired) electrons. The van der Waals surface area contributed by atoms with E-state index < -0.39 is 6.23 Å². The van der Waals surface area contributed by atoms with E-state index in [1.165, 1.54) is 5.56 Å². The second-order valence-electron chi connectivity index (χ2n) is 5.05. The molecule has 1 aromatic carbocycles. The summed E-state index contributed by atoms with van der Waals surface area (Å²) in [6.45, 7) is 2.58. The van der Waals surface area contributed by atoms with E-state index >= 15 is 0 Å². The van der Waals surface area contributed by atoms with Crippen LogP contribution in [0.5, 0.6) is 0 Å². The van der Waals surface area contributed by atoms with Crippen molar-refractivity contribution >= 4 is 6.03 Å². The number of carbonyl (C=O) groups is 1. The maximum Gasteiger partial charge on any atom is 0.315 e. The van der Waals surface area contributed by atoms with Crippen LogP contribution in [0.3, 0.4) is 0 Å². The number of hydrogen-bond acceptors (Lipinski definition) is 3. The number of urea groups is 1. The number of aliphatic hydroxyl groups is 1. The average Bonchev–Trinajstić information content (AvgIpc) is 2.38. The van der Waals surface area contributed by atoms with Crippen molar-refractivity contribution in [2.45, 2.75) is 44.9 Å². The summed E-state index contributed by atoms with van der Waals surface area (Å²) in [6, 6.07) is 10.0. The van der Waals surface area contributed by atoms with Gasteiger partial charge in [-0.3, -0.25) is 0 Å². The molecule has 5 nitrogen and oxygen atoms in total. The smallest absolute Gasteiger partial charge is 0.315 e. The van der Waals surface area contributed by atoms with E-state index in [2.05, 4.69) is 10.6 Å². The molecule has 2 unspecified atom stereocenters. The topological polar surface area (TPSA) is 87.4 Å². The van der Waals surface area contributed by atoms with Crippen molar-refractivity contribution in [3.63, 3.8) is 0 Å². The Labute approximate surface area is 120 Å². The summed E-state index contributed by atoms with van der Waals surface area (Å²) in [4.78, 5) is 11.6. The fourth-order valence-corrected chi connectivity index (χ4v) is 1.97. The number of nitrogens with two attached hydrogens (primary N) is 1. The molecule has 20 heavy (non-hydrogen) atoms. The van der Waals surface area contributed by atoms with Gasteiger partial charge in [0.25, 0.3) is 0 Å². The molecule has 1 rings (SSSR count). The number of nitrogens with one attached hydrogen (secondary N) is 2. The number of rotatable bonds is 8. The molecule has 2 atom stereocenters. The number of benzene rings is 1. The second-order valence-corrected chi connectivity index (χ2v) is 5.05. The first kappa shape index (κ1) is 16.5. The normalized spacial score (nSPS) is 13.6. The average molecular weight is 279 g/mol. The number of hydrogen-bond donors (Lipinski definition) is 4. The van der Waals surface area contributed by atoms with Crippen molar-refractivity contribution in [1.82, 2.24) is 10.6 Å². The zero-order chi connectivity index (χ0) is 14.8. The van der Waals surface area contributed by atoms with Crippen molar-refractivity contribution in [1.29, 1.82) is 0 Å². The van der Waals surface area contributed by atoms with E-state index in [0.717, 1.165) is 19.3 Å². The number of unbranched alkanes of at least 4 members (excludes halogenated alkanes) is 1. The molecule has 2 amide bonds. The van der Waals surface area contributed by atoms with E-state index in [0.29, 0.717) is 13.0 Å². The van der Waals surface area contributed by atoms with Gasteiger partial charge in [0.05, 0.1) is 0 Å².